The second-order valence-electron chi connectivity index (χ2n) is 18.6. The molecule has 1 fully saturated rings. The van der Waals surface area contributed by atoms with Crippen LogP contribution >= 0.6 is 0 Å². The number of anilines is 6. The molecule has 0 unspecified atom stereocenters. The van der Waals surface area contributed by atoms with Crippen LogP contribution in [0.5, 0.6) is 0 Å². The fourth-order valence-electron chi connectivity index (χ4n) is 10.1. The molecule has 0 radical (unpaired) electrons. The Morgan fingerprint density at radius 2 is 0.625 bits per heavy atom. The van der Waals surface area contributed by atoms with E-state index in [4.69, 9.17) is 0 Å². The standard InChI is InChI=1S/C62H62N2/c1-44-10-16-50(17-11-44)42-52-20-28-56(29-21-52)63(60-36-14-46(3)40-48(60)5)58-32-24-54(25-33-58)62(38-8-7-9-39-62)55-26-34-59(35-27-55)64(61-37-15-47(4)41-49(61)6)57-30-22-53(23-31-57)43-51-18-12-45(2)13-19-51/h10-37,40-41H,7-9,38-39,42-43H2,1-6H3. The monoisotopic (exact) mass is 834 g/mol. The molecule has 0 aromatic heterocycles. The molecule has 0 N–H and O–H groups in total. The van der Waals surface area contributed by atoms with Gasteiger partial charge in [-0.3, -0.25) is 0 Å². The van der Waals surface area contributed by atoms with Crippen molar-refractivity contribution in [2.45, 2.75) is 91.9 Å². The lowest BCUT2D eigenvalue weighted by Crippen LogP contribution is -2.30. The molecule has 1 aliphatic carbocycles. The van der Waals surface area contributed by atoms with Gasteiger partial charge < -0.3 is 9.80 Å². The maximum atomic E-state index is 2.44. The first-order chi connectivity index (χ1) is 31.1. The fraction of sp³-hybridized carbons (Fsp3) is 0.226. The molecule has 9 rings (SSSR count). The van der Waals surface area contributed by atoms with Crippen molar-refractivity contribution in [1.29, 1.82) is 0 Å². The van der Waals surface area contributed by atoms with Crippen LogP contribution in [0, 0.1) is 41.5 Å². The predicted molar refractivity (Wildman–Crippen MR) is 273 cm³/mol. The van der Waals surface area contributed by atoms with E-state index in [0.717, 1.165) is 25.7 Å². The minimum absolute atomic E-state index is 0.0419. The summed E-state index contributed by atoms with van der Waals surface area (Å²) in [5.74, 6) is 0. The van der Waals surface area contributed by atoms with Gasteiger partial charge in [0.05, 0.1) is 0 Å². The van der Waals surface area contributed by atoms with Crippen LogP contribution in [0.25, 0.3) is 0 Å². The molecule has 1 aliphatic rings. The number of aryl methyl sites for hydroxylation is 6. The summed E-state index contributed by atoms with van der Waals surface area (Å²) in [4.78, 5) is 4.88. The number of nitrogens with zero attached hydrogens (tertiary/aromatic N) is 2. The summed E-state index contributed by atoms with van der Waals surface area (Å²) in [7, 11) is 0. The number of hydrogen-bond donors (Lipinski definition) is 0. The maximum absolute atomic E-state index is 2.44. The van der Waals surface area contributed by atoms with Gasteiger partial charge in [-0.1, -0.05) is 163 Å². The first-order valence-electron chi connectivity index (χ1n) is 23.4. The Bertz CT molecular complexity index is 2620. The van der Waals surface area contributed by atoms with E-state index in [1.807, 2.05) is 0 Å². The SMILES string of the molecule is Cc1ccc(Cc2ccc(N(c3ccc(C4(c5ccc(N(c6ccc(Cc7ccc(C)cc7)cc6)c6ccc(C)cc6C)cc5)CCCCC4)cc3)c3ccc(C)cc3C)cc2)cc1. The summed E-state index contributed by atoms with van der Waals surface area (Å²) >= 11 is 0. The molecule has 0 spiro atoms. The van der Waals surface area contributed by atoms with Crippen molar-refractivity contribution in [2.24, 2.45) is 0 Å². The van der Waals surface area contributed by atoms with Gasteiger partial charge >= 0.3 is 0 Å². The van der Waals surface area contributed by atoms with Crippen LogP contribution < -0.4 is 9.80 Å². The highest BCUT2D eigenvalue weighted by Crippen LogP contribution is 2.47. The van der Waals surface area contributed by atoms with Crippen LogP contribution in [-0.2, 0) is 18.3 Å². The van der Waals surface area contributed by atoms with Crippen LogP contribution in [0.3, 0.4) is 0 Å². The van der Waals surface area contributed by atoms with Crippen LogP contribution in [0.2, 0.25) is 0 Å². The van der Waals surface area contributed by atoms with E-state index in [9.17, 15) is 0 Å². The van der Waals surface area contributed by atoms with Crippen molar-refractivity contribution >= 4 is 34.1 Å². The smallest absolute Gasteiger partial charge is 0.0490 e. The predicted octanol–water partition coefficient (Wildman–Crippen LogP) is 16.9. The van der Waals surface area contributed by atoms with Gasteiger partial charge in [0.15, 0.2) is 0 Å². The molecule has 64 heavy (non-hydrogen) atoms. The molecule has 8 aromatic carbocycles. The second kappa shape index (κ2) is 18.6. The highest BCUT2D eigenvalue weighted by atomic mass is 15.1. The lowest BCUT2D eigenvalue weighted by atomic mass is 9.65. The van der Waals surface area contributed by atoms with Crippen molar-refractivity contribution in [3.05, 3.63) is 249 Å². The first kappa shape index (κ1) is 42.7. The first-order valence-corrected chi connectivity index (χ1v) is 23.4. The molecule has 8 aromatic rings. The van der Waals surface area contributed by atoms with Crippen LogP contribution in [-0.4, -0.2) is 0 Å². The van der Waals surface area contributed by atoms with Crippen LogP contribution in [0.15, 0.2) is 182 Å². The molecular weight excluding hydrogens is 773 g/mol. The third kappa shape index (κ3) is 9.20. The van der Waals surface area contributed by atoms with Gasteiger partial charge in [0, 0.05) is 39.5 Å². The van der Waals surface area contributed by atoms with Crippen molar-refractivity contribution in [3.8, 4) is 0 Å². The normalized spacial score (nSPS) is 13.4. The Labute approximate surface area is 382 Å². The zero-order valence-electron chi connectivity index (χ0n) is 38.7. The van der Waals surface area contributed by atoms with Crippen molar-refractivity contribution in [1.82, 2.24) is 0 Å². The lowest BCUT2D eigenvalue weighted by Gasteiger charge is -2.39. The maximum Gasteiger partial charge on any atom is 0.0490 e. The average Bonchev–Trinajstić information content (AvgIpc) is 3.31. The number of rotatable bonds is 12. The zero-order chi connectivity index (χ0) is 44.2. The van der Waals surface area contributed by atoms with Gasteiger partial charge in [-0.2, -0.15) is 0 Å². The molecule has 320 valence electrons. The Balaban J connectivity index is 1.03. The van der Waals surface area contributed by atoms with Crippen molar-refractivity contribution in [2.75, 3.05) is 9.80 Å². The molecular formula is C62H62N2. The Morgan fingerprint density at radius 1 is 0.328 bits per heavy atom. The van der Waals surface area contributed by atoms with Crippen molar-refractivity contribution in [3.63, 3.8) is 0 Å². The highest BCUT2D eigenvalue weighted by Gasteiger charge is 2.36. The van der Waals surface area contributed by atoms with E-state index in [0.29, 0.717) is 0 Å². The molecule has 0 amide bonds. The van der Waals surface area contributed by atoms with Crippen molar-refractivity contribution < 1.29 is 0 Å². The zero-order valence-corrected chi connectivity index (χ0v) is 38.7. The number of hydrogen-bond acceptors (Lipinski definition) is 2. The minimum atomic E-state index is -0.0419. The third-order valence-electron chi connectivity index (χ3n) is 13.7. The minimum Gasteiger partial charge on any atom is -0.310 e. The molecule has 0 saturated heterocycles. The van der Waals surface area contributed by atoms with Crippen LogP contribution in [0.4, 0.5) is 34.1 Å². The highest BCUT2D eigenvalue weighted by molar-refractivity contribution is 5.80. The van der Waals surface area contributed by atoms with Gasteiger partial charge in [0.2, 0.25) is 0 Å². The largest absolute Gasteiger partial charge is 0.310 e. The Hall–Kier alpha value is -6.64. The Morgan fingerprint density at radius 3 is 0.953 bits per heavy atom. The lowest BCUT2D eigenvalue weighted by molar-refractivity contribution is 0.346. The summed E-state index contributed by atoms with van der Waals surface area (Å²) in [5.41, 5.74) is 22.9. The van der Waals surface area contributed by atoms with Gasteiger partial charge in [-0.05, 0) is 172 Å². The van der Waals surface area contributed by atoms with E-state index in [-0.39, 0.29) is 5.41 Å². The van der Waals surface area contributed by atoms with E-state index in [2.05, 4.69) is 233 Å². The van der Waals surface area contributed by atoms with Gasteiger partial charge in [0.25, 0.3) is 0 Å². The molecule has 0 bridgehead atoms. The summed E-state index contributed by atoms with van der Waals surface area (Å²) in [6.45, 7) is 13.1. The van der Waals surface area contributed by atoms with Gasteiger partial charge in [-0.15, -0.1) is 0 Å². The topological polar surface area (TPSA) is 6.48 Å². The molecule has 0 heterocycles. The second-order valence-corrected chi connectivity index (χ2v) is 18.6. The third-order valence-corrected chi connectivity index (χ3v) is 13.7. The summed E-state index contributed by atoms with van der Waals surface area (Å²) < 4.78 is 0. The molecule has 1 saturated carbocycles. The van der Waals surface area contributed by atoms with E-state index in [1.54, 1.807) is 0 Å². The molecule has 0 aliphatic heterocycles. The fourth-order valence-corrected chi connectivity index (χ4v) is 10.1. The molecule has 2 nitrogen and oxygen atoms in total. The van der Waals surface area contributed by atoms with E-state index in [1.165, 1.54) is 120 Å². The molecule has 2 heteroatoms. The van der Waals surface area contributed by atoms with Gasteiger partial charge in [0.1, 0.15) is 0 Å². The summed E-state index contributed by atoms with van der Waals surface area (Å²) in [5, 5.41) is 0. The molecule has 0 atom stereocenters. The Kier molecular flexibility index (Phi) is 12.4. The average molecular weight is 835 g/mol. The summed E-state index contributed by atoms with van der Waals surface area (Å²) in [6.07, 6.45) is 7.91. The van der Waals surface area contributed by atoms with Crippen LogP contribution in [0.1, 0.15) is 98.9 Å². The van der Waals surface area contributed by atoms with Gasteiger partial charge in [-0.25, -0.2) is 0 Å². The quantitative estimate of drug-likeness (QED) is 0.121. The summed E-state index contributed by atoms with van der Waals surface area (Å²) in [6, 6.07) is 69.0. The number of benzene rings is 8. The van der Waals surface area contributed by atoms with E-state index < -0.39 is 0 Å². The van der Waals surface area contributed by atoms with E-state index >= 15 is 0 Å².